The zero-order valence-electron chi connectivity index (χ0n) is 6.07. The summed E-state index contributed by atoms with van der Waals surface area (Å²) in [6, 6.07) is 0.253. The number of rotatable bonds is 3. The number of aliphatic hydroxyl groups excluding tert-OH is 1. The molecule has 0 atom stereocenters. The molecular formula is C3H10OSi. The highest BCUT2D eigenvalue weighted by Gasteiger charge is 1.69. The predicted octanol–water partition coefficient (Wildman–Crippen LogP) is -0.848. The van der Waals surface area contributed by atoms with E-state index >= 15 is 0 Å². The zero-order valence-corrected chi connectivity index (χ0v) is 4.07. The van der Waals surface area contributed by atoms with Crippen LogP contribution in [-0.2, 0) is 0 Å². The first-order chi connectivity index (χ1) is 3.56. The van der Waals surface area contributed by atoms with Crippen molar-refractivity contribution in [1.29, 1.82) is 3.70 Å². The summed E-state index contributed by atoms with van der Waals surface area (Å²) in [4.78, 5) is 0. The fourth-order valence-corrected chi connectivity index (χ4v) is 0.237. The topological polar surface area (TPSA) is 20.2 Å². The first-order valence-electron chi connectivity index (χ1n) is 3.17. The molecule has 0 aliphatic heterocycles. The van der Waals surface area contributed by atoms with Gasteiger partial charge in [0.1, 0.15) is 0 Å². The molecule has 0 radical (unpaired) electrons. The minimum atomic E-state index is -3.09. The molecule has 5 heavy (non-hydrogen) atoms. The summed E-state index contributed by atoms with van der Waals surface area (Å²) in [6.07, 6.45) is 0.433. The Morgan fingerprint density at radius 3 is 3.00 bits per heavy atom. The van der Waals surface area contributed by atoms with Gasteiger partial charge in [0.2, 0.25) is 0 Å². The summed E-state index contributed by atoms with van der Waals surface area (Å²) >= 11 is 0. The van der Waals surface area contributed by atoms with Crippen molar-refractivity contribution in [3.8, 4) is 0 Å². The van der Waals surface area contributed by atoms with E-state index in [4.69, 9.17) is 8.81 Å². The Balaban J connectivity index is 3.11. The molecule has 0 saturated heterocycles. The van der Waals surface area contributed by atoms with Crippen LogP contribution in [0.1, 0.15) is 6.42 Å². The van der Waals surface area contributed by atoms with E-state index in [1.165, 1.54) is 0 Å². The molecule has 0 fully saturated rings. The van der Waals surface area contributed by atoms with Crippen molar-refractivity contribution in [2.45, 2.75) is 12.5 Å². The molecule has 0 rings (SSSR count). The highest BCUT2D eigenvalue weighted by molar-refractivity contribution is 6.08. The molecule has 32 valence electrons. The molecule has 2 heteroatoms. The van der Waals surface area contributed by atoms with Crippen LogP contribution >= 0.6 is 0 Å². The van der Waals surface area contributed by atoms with E-state index in [1.54, 1.807) is 0 Å². The molecule has 0 aliphatic rings. The van der Waals surface area contributed by atoms with Gasteiger partial charge < -0.3 is 5.11 Å². The summed E-state index contributed by atoms with van der Waals surface area (Å²) in [5.41, 5.74) is 0. The van der Waals surface area contributed by atoms with Crippen LogP contribution in [0.25, 0.3) is 0 Å². The van der Waals surface area contributed by atoms with E-state index in [2.05, 4.69) is 0 Å². The molecule has 0 heterocycles. The molecule has 0 saturated carbocycles. The lowest BCUT2D eigenvalue weighted by atomic mass is 10.5. The monoisotopic (exact) mass is 96.1 g/mol. The van der Waals surface area contributed by atoms with E-state index in [0.717, 1.165) is 0 Å². The van der Waals surface area contributed by atoms with E-state index in [9.17, 15) is 0 Å². The summed E-state index contributed by atoms with van der Waals surface area (Å²) in [7, 11) is -3.09. The van der Waals surface area contributed by atoms with Crippen LogP contribution in [0.2, 0.25) is 6.04 Å². The van der Waals surface area contributed by atoms with Gasteiger partial charge in [0.15, 0.2) is 0 Å². The number of hydrogen-bond acceptors (Lipinski definition) is 1. The van der Waals surface area contributed by atoms with E-state index in [-0.39, 0.29) is 12.7 Å². The third kappa shape index (κ3) is 4.18. The smallest absolute Gasteiger partial charge is 0.0428 e. The molecule has 0 unspecified atom stereocenters. The van der Waals surface area contributed by atoms with Gasteiger partial charge >= 0.3 is 0 Å². The Bertz CT molecular complexity index is 62.0. The van der Waals surface area contributed by atoms with Crippen molar-refractivity contribution in [3.63, 3.8) is 0 Å². The van der Waals surface area contributed by atoms with Crippen molar-refractivity contribution < 1.29 is 5.11 Å². The molecular weight excluding hydrogens is 80.1 g/mol. The molecule has 0 amide bonds. The van der Waals surface area contributed by atoms with Gasteiger partial charge in [0, 0.05) is 20.4 Å². The number of hydrogen-bond donors (Lipinski definition) is 1. The van der Waals surface area contributed by atoms with Crippen molar-refractivity contribution in [1.82, 2.24) is 0 Å². The molecule has 0 aromatic rings. The van der Waals surface area contributed by atoms with Crippen molar-refractivity contribution in [2.24, 2.45) is 0 Å². The quantitative estimate of drug-likeness (QED) is 0.454. The van der Waals surface area contributed by atoms with E-state index in [1.807, 2.05) is 0 Å². The summed E-state index contributed by atoms with van der Waals surface area (Å²) in [5, 5.41) is 8.20. The first-order valence-corrected chi connectivity index (χ1v) is 2.38. The fraction of sp³-hybridized carbons (Fsp3) is 1.00. The van der Waals surface area contributed by atoms with Gasteiger partial charge in [-0.15, -0.1) is 0 Å². The Labute approximate surface area is 39.1 Å². The first kappa shape index (κ1) is 1.75. The molecule has 0 aliphatic carbocycles. The summed E-state index contributed by atoms with van der Waals surface area (Å²) in [6.45, 7) is 0.00535. The number of aliphatic hydroxyl groups is 1. The third-order valence-electron chi connectivity index (χ3n) is 0.335. The Hall–Kier alpha value is 0.177. The lowest BCUT2D eigenvalue weighted by Gasteiger charge is -1.79. The lowest BCUT2D eigenvalue weighted by Crippen LogP contribution is -1.77. The van der Waals surface area contributed by atoms with Gasteiger partial charge in [-0.25, -0.2) is 0 Å². The second-order valence-corrected chi connectivity index (χ2v) is 1.33. The van der Waals surface area contributed by atoms with Crippen molar-refractivity contribution >= 4 is 10.0 Å². The Kier molecular flexibility index (Phi) is 1.46. The average Bonchev–Trinajstić information content (AvgIpc) is 1.59. The molecule has 1 nitrogen and oxygen atoms in total. The van der Waals surface area contributed by atoms with Crippen LogP contribution in [0.5, 0.6) is 0 Å². The van der Waals surface area contributed by atoms with E-state index < -0.39 is 10.0 Å². The zero-order chi connectivity index (χ0) is 6.62. The van der Waals surface area contributed by atoms with Crippen LogP contribution in [0, 0.1) is 0 Å². The largest absolute Gasteiger partial charge is 0.396 e. The van der Waals surface area contributed by atoms with Gasteiger partial charge in [0.05, 0.1) is 0 Å². The van der Waals surface area contributed by atoms with Crippen LogP contribution in [0.4, 0.5) is 0 Å². The average molecular weight is 96.2 g/mol. The van der Waals surface area contributed by atoms with Crippen molar-refractivity contribution in [3.05, 3.63) is 0 Å². The third-order valence-corrected chi connectivity index (χ3v) is 0.688. The Morgan fingerprint density at radius 2 is 2.80 bits per heavy atom. The molecule has 1 N–H and O–H groups in total. The predicted molar refractivity (Wildman–Crippen MR) is 26.4 cm³/mol. The van der Waals surface area contributed by atoms with Gasteiger partial charge in [0.25, 0.3) is 0 Å². The van der Waals surface area contributed by atoms with E-state index in [0.29, 0.717) is 6.42 Å². The minimum Gasteiger partial charge on any atom is -0.396 e. The van der Waals surface area contributed by atoms with Crippen LogP contribution in [0.15, 0.2) is 0 Å². The summed E-state index contributed by atoms with van der Waals surface area (Å²) < 4.78 is 20.4. The van der Waals surface area contributed by atoms with Gasteiger partial charge in [-0.3, -0.25) is 0 Å². The molecule has 0 aromatic carbocycles. The SMILES string of the molecule is [3H][Si]([3H])([3H])CCCO. The maximum absolute atomic E-state index is 8.20. The van der Waals surface area contributed by atoms with Gasteiger partial charge in [-0.1, -0.05) is 6.04 Å². The van der Waals surface area contributed by atoms with Crippen molar-refractivity contribution in [2.75, 3.05) is 6.61 Å². The highest BCUT2D eigenvalue weighted by atomic mass is 28.1. The molecule has 0 spiro atoms. The second kappa shape index (κ2) is 4.18. The molecule has 0 bridgehead atoms. The second-order valence-electron chi connectivity index (χ2n) is 0.827. The fourth-order valence-electron chi connectivity index (χ4n) is 0.0791. The summed E-state index contributed by atoms with van der Waals surface area (Å²) in [5.74, 6) is 0. The minimum absolute atomic E-state index is 0.00535. The maximum atomic E-state index is 8.20. The maximum Gasteiger partial charge on any atom is 0.0428 e. The highest BCUT2D eigenvalue weighted by Crippen LogP contribution is 1.76. The molecule has 0 aromatic heterocycles. The lowest BCUT2D eigenvalue weighted by molar-refractivity contribution is 0.295. The normalized spacial score (nSPS) is 19.8. The van der Waals surface area contributed by atoms with Crippen LogP contribution < -0.4 is 0 Å². The standard InChI is InChI=1S/C3H10OSi/c4-2-1-3-5/h4H,1-3H2,5H3/i5T3. The van der Waals surface area contributed by atoms with Crippen LogP contribution in [-0.4, -0.2) is 25.5 Å². The van der Waals surface area contributed by atoms with Crippen LogP contribution in [0.3, 0.4) is 0 Å². The van der Waals surface area contributed by atoms with Gasteiger partial charge in [-0.2, -0.15) is 0 Å². The van der Waals surface area contributed by atoms with Gasteiger partial charge in [-0.05, 0) is 6.42 Å². The Morgan fingerprint density at radius 1 is 2.00 bits per heavy atom.